The van der Waals surface area contributed by atoms with Crippen LogP contribution in [0.2, 0.25) is 0 Å². The van der Waals surface area contributed by atoms with Gasteiger partial charge in [-0.25, -0.2) is 9.97 Å². The minimum atomic E-state index is -1.23. The van der Waals surface area contributed by atoms with Gasteiger partial charge in [0.2, 0.25) is 5.16 Å². The van der Waals surface area contributed by atoms with E-state index >= 15 is 0 Å². The van der Waals surface area contributed by atoms with Gasteiger partial charge in [-0.2, -0.15) is 0 Å². The minimum Gasteiger partial charge on any atom is -0.378 e. The maximum Gasteiger partial charge on any atom is 0.221 e. The number of hydrogen-bond donors (Lipinski definition) is 0. The fourth-order valence-electron chi connectivity index (χ4n) is 3.59. The monoisotopic (exact) mass is 371 g/mol. The van der Waals surface area contributed by atoms with Crippen LogP contribution in [0, 0.1) is 6.92 Å². The van der Waals surface area contributed by atoms with Crippen molar-refractivity contribution in [3.05, 3.63) is 46.6 Å². The van der Waals surface area contributed by atoms with Crippen LogP contribution in [0.4, 0.5) is 5.82 Å². The van der Waals surface area contributed by atoms with E-state index in [-0.39, 0.29) is 0 Å². The number of rotatable bonds is 4. The Kier molecular flexibility index (Phi) is 5.31. The predicted molar refractivity (Wildman–Crippen MR) is 103 cm³/mol. The lowest BCUT2D eigenvalue weighted by atomic mass is 9.96. The first kappa shape index (κ1) is 17.6. The lowest BCUT2D eigenvalue weighted by molar-refractivity contribution is 0.122. The second kappa shape index (κ2) is 7.84. The van der Waals surface area contributed by atoms with Crippen LogP contribution in [0.3, 0.4) is 0 Å². The summed E-state index contributed by atoms with van der Waals surface area (Å²) in [6.45, 7) is 5.18. The van der Waals surface area contributed by atoms with Gasteiger partial charge in [-0.05, 0) is 38.2 Å². The van der Waals surface area contributed by atoms with Crippen molar-refractivity contribution < 1.29 is 8.95 Å². The van der Waals surface area contributed by atoms with Crippen LogP contribution in [0.15, 0.2) is 29.4 Å². The maximum absolute atomic E-state index is 13.0. The van der Waals surface area contributed by atoms with Crippen molar-refractivity contribution in [1.82, 2.24) is 9.97 Å². The van der Waals surface area contributed by atoms with E-state index in [9.17, 15) is 4.21 Å². The molecule has 1 saturated heterocycles. The Hall–Kier alpha value is -1.79. The number of aryl methyl sites for hydroxylation is 2. The van der Waals surface area contributed by atoms with E-state index in [1.165, 1.54) is 17.5 Å². The van der Waals surface area contributed by atoms with Gasteiger partial charge in [-0.3, -0.25) is 4.21 Å². The number of morpholine rings is 1. The summed E-state index contributed by atoms with van der Waals surface area (Å²) in [7, 11) is -1.23. The highest BCUT2D eigenvalue weighted by atomic mass is 32.2. The van der Waals surface area contributed by atoms with Gasteiger partial charge in [0.1, 0.15) is 5.82 Å². The Labute approximate surface area is 157 Å². The molecule has 1 atom stereocenters. The largest absolute Gasteiger partial charge is 0.378 e. The van der Waals surface area contributed by atoms with Gasteiger partial charge in [-0.1, -0.05) is 29.8 Å². The summed E-state index contributed by atoms with van der Waals surface area (Å²) in [5.74, 6) is 1.45. The summed E-state index contributed by atoms with van der Waals surface area (Å²) in [5, 5.41) is 0.479. The van der Waals surface area contributed by atoms with E-state index in [0.717, 1.165) is 62.6 Å². The lowest BCUT2D eigenvalue weighted by Crippen LogP contribution is -2.38. The van der Waals surface area contributed by atoms with E-state index in [4.69, 9.17) is 14.7 Å². The summed E-state index contributed by atoms with van der Waals surface area (Å²) >= 11 is 0. The average molecular weight is 372 g/mol. The Morgan fingerprint density at radius 1 is 1.08 bits per heavy atom. The molecule has 1 aliphatic carbocycles. The summed E-state index contributed by atoms with van der Waals surface area (Å²) in [6.07, 6.45) is 4.31. The number of fused-ring (bicyclic) bond motifs is 1. The number of nitrogens with zero attached hydrogens (tertiary/aromatic N) is 3. The zero-order valence-electron chi connectivity index (χ0n) is 15.2. The topological polar surface area (TPSA) is 55.3 Å². The molecule has 0 bridgehead atoms. The molecule has 1 unspecified atom stereocenters. The van der Waals surface area contributed by atoms with Crippen LogP contribution in [-0.2, 0) is 34.1 Å². The Bertz CT molecular complexity index is 801. The minimum absolute atomic E-state index is 0.460. The molecule has 138 valence electrons. The fourth-order valence-corrected chi connectivity index (χ4v) is 4.62. The van der Waals surface area contributed by atoms with Gasteiger partial charge in [0.15, 0.2) is 0 Å². The number of anilines is 1. The van der Waals surface area contributed by atoms with E-state index in [2.05, 4.69) is 24.0 Å². The van der Waals surface area contributed by atoms with Crippen LogP contribution in [0.25, 0.3) is 0 Å². The second-order valence-corrected chi connectivity index (χ2v) is 8.38. The van der Waals surface area contributed by atoms with Crippen molar-refractivity contribution in [3.63, 3.8) is 0 Å². The number of ether oxygens (including phenoxy) is 1. The summed E-state index contributed by atoms with van der Waals surface area (Å²) in [5.41, 5.74) is 4.62. The summed E-state index contributed by atoms with van der Waals surface area (Å²) < 4.78 is 18.4. The molecular formula is C20H25N3O2S. The quantitative estimate of drug-likeness (QED) is 0.774. The molecule has 0 radical (unpaired) electrons. The predicted octanol–water partition coefficient (Wildman–Crippen LogP) is 2.81. The van der Waals surface area contributed by atoms with Crippen LogP contribution in [0.1, 0.15) is 35.2 Å². The highest BCUT2D eigenvalue weighted by Gasteiger charge is 2.24. The molecule has 0 amide bonds. The van der Waals surface area contributed by atoms with Crippen molar-refractivity contribution in [2.45, 2.75) is 43.5 Å². The van der Waals surface area contributed by atoms with Crippen LogP contribution in [-0.4, -0.2) is 40.5 Å². The highest BCUT2D eigenvalue weighted by molar-refractivity contribution is 7.84. The van der Waals surface area contributed by atoms with Crippen LogP contribution >= 0.6 is 0 Å². The van der Waals surface area contributed by atoms with Crippen LogP contribution in [0.5, 0.6) is 0 Å². The third kappa shape index (κ3) is 3.81. The molecule has 2 heterocycles. The molecule has 1 fully saturated rings. The number of benzene rings is 1. The number of aromatic nitrogens is 2. The van der Waals surface area contributed by atoms with E-state index in [1.807, 2.05) is 12.1 Å². The molecule has 1 aromatic heterocycles. The average Bonchev–Trinajstić information content (AvgIpc) is 2.69. The molecule has 1 aromatic carbocycles. The van der Waals surface area contributed by atoms with Gasteiger partial charge in [0.25, 0.3) is 0 Å². The normalized spacial score (nSPS) is 18.4. The number of hydrogen-bond acceptors (Lipinski definition) is 5. The molecule has 0 spiro atoms. The Morgan fingerprint density at radius 3 is 2.58 bits per heavy atom. The summed E-state index contributed by atoms with van der Waals surface area (Å²) in [6, 6.07) is 8.18. The molecular weight excluding hydrogens is 346 g/mol. The van der Waals surface area contributed by atoms with Crippen molar-refractivity contribution in [3.8, 4) is 0 Å². The van der Waals surface area contributed by atoms with E-state index in [0.29, 0.717) is 10.9 Å². The van der Waals surface area contributed by atoms with Crippen molar-refractivity contribution in [1.29, 1.82) is 0 Å². The Morgan fingerprint density at radius 2 is 1.81 bits per heavy atom. The van der Waals surface area contributed by atoms with E-state index < -0.39 is 10.8 Å². The summed E-state index contributed by atoms with van der Waals surface area (Å²) in [4.78, 5) is 11.8. The molecule has 6 heteroatoms. The smallest absolute Gasteiger partial charge is 0.221 e. The maximum atomic E-state index is 13.0. The zero-order chi connectivity index (χ0) is 17.9. The standard InChI is InChI=1S/C20H25N3O2S/c1-15-6-8-16(9-7-15)14-26(24)20-21-18-5-3-2-4-17(18)19(22-20)23-10-12-25-13-11-23/h6-9H,2-5,10-14H2,1H3. The fraction of sp³-hybridized carbons (Fsp3) is 0.500. The first-order chi connectivity index (χ1) is 12.7. The van der Waals surface area contributed by atoms with Gasteiger partial charge in [-0.15, -0.1) is 0 Å². The molecule has 5 nitrogen and oxygen atoms in total. The molecule has 2 aromatic rings. The molecule has 2 aliphatic rings. The molecule has 0 saturated carbocycles. The highest BCUT2D eigenvalue weighted by Crippen LogP contribution is 2.29. The van der Waals surface area contributed by atoms with Gasteiger partial charge >= 0.3 is 0 Å². The van der Waals surface area contributed by atoms with Crippen molar-refractivity contribution >= 4 is 16.6 Å². The molecule has 4 rings (SSSR count). The second-order valence-electron chi connectivity index (χ2n) is 7.04. The van der Waals surface area contributed by atoms with Gasteiger partial charge in [0, 0.05) is 18.7 Å². The van der Waals surface area contributed by atoms with Gasteiger partial charge < -0.3 is 9.64 Å². The van der Waals surface area contributed by atoms with Gasteiger partial charge in [0.05, 0.1) is 35.5 Å². The van der Waals surface area contributed by atoms with Crippen molar-refractivity contribution in [2.75, 3.05) is 31.2 Å². The molecule has 26 heavy (non-hydrogen) atoms. The lowest BCUT2D eigenvalue weighted by Gasteiger charge is -2.31. The van der Waals surface area contributed by atoms with Crippen LogP contribution < -0.4 is 4.90 Å². The Balaban J connectivity index is 1.64. The zero-order valence-corrected chi connectivity index (χ0v) is 16.1. The third-order valence-corrected chi connectivity index (χ3v) is 6.26. The first-order valence-corrected chi connectivity index (χ1v) is 10.7. The first-order valence-electron chi connectivity index (χ1n) is 9.37. The molecule has 1 aliphatic heterocycles. The third-order valence-electron chi connectivity index (χ3n) is 5.07. The molecule has 0 N–H and O–H groups in total. The SMILES string of the molecule is Cc1ccc(CS(=O)c2nc3c(c(N4CCOCC4)n2)CCCC3)cc1. The van der Waals surface area contributed by atoms with E-state index in [1.54, 1.807) is 0 Å². The van der Waals surface area contributed by atoms with Crippen molar-refractivity contribution in [2.24, 2.45) is 0 Å².